The first-order valence-electron chi connectivity index (χ1n) is 6.16. The second-order valence-electron chi connectivity index (χ2n) is 4.67. The molecule has 3 unspecified atom stereocenters. The summed E-state index contributed by atoms with van der Waals surface area (Å²) in [5, 5.41) is 0.518. The molecule has 0 saturated heterocycles. The molecule has 2 heterocycles. The molecular weight excluding hydrogens is 234 g/mol. The van der Waals surface area contributed by atoms with Crippen molar-refractivity contribution in [1.29, 1.82) is 0 Å². The molecule has 0 fully saturated rings. The van der Waals surface area contributed by atoms with Gasteiger partial charge in [-0.15, -0.1) is 0 Å². The second kappa shape index (κ2) is 5.58. The number of rotatable bonds is 0. The molecule has 2 bridgehead atoms. The van der Waals surface area contributed by atoms with Crippen molar-refractivity contribution in [2.75, 3.05) is 0 Å². The summed E-state index contributed by atoms with van der Waals surface area (Å²) in [6.07, 6.45) is 8.73. The highest BCUT2D eigenvalue weighted by Gasteiger charge is 2.26. The van der Waals surface area contributed by atoms with Gasteiger partial charge >= 0.3 is 0 Å². The molecule has 0 saturated carbocycles. The van der Waals surface area contributed by atoms with Crippen LogP contribution in [0.4, 0.5) is 0 Å². The molecule has 0 N–H and O–H groups in total. The van der Waals surface area contributed by atoms with Crippen LogP contribution in [0.2, 0.25) is 0 Å². The topological polar surface area (TPSA) is 37.1 Å². The maximum absolute atomic E-state index is 6.23. The van der Waals surface area contributed by atoms with Gasteiger partial charge in [0.1, 0.15) is 5.17 Å². The van der Waals surface area contributed by atoms with Gasteiger partial charge in [0, 0.05) is 24.8 Å². The number of hydrogen-bond donors (Lipinski definition) is 0. The third-order valence-corrected chi connectivity index (χ3v) is 3.54. The molecule has 0 aromatic heterocycles. The number of halogens is 1. The molecule has 92 valence electrons. The van der Waals surface area contributed by atoms with Crippen LogP contribution < -0.4 is 0 Å². The maximum Gasteiger partial charge on any atom is 0.150 e. The average Bonchev–Trinajstić information content (AvgIpc) is 2.36. The number of aliphatic imine (C=N–C) groups is 3. The first kappa shape index (κ1) is 12.5. The van der Waals surface area contributed by atoms with Crippen LogP contribution in [0.25, 0.3) is 0 Å². The van der Waals surface area contributed by atoms with Crippen LogP contribution in [0, 0.1) is 5.92 Å². The van der Waals surface area contributed by atoms with E-state index < -0.39 is 0 Å². The number of hydrogen-bond acceptors (Lipinski definition) is 3. The molecule has 0 aromatic rings. The van der Waals surface area contributed by atoms with Crippen LogP contribution in [0.15, 0.2) is 27.3 Å². The highest BCUT2D eigenvalue weighted by molar-refractivity contribution is 6.84. The summed E-state index contributed by atoms with van der Waals surface area (Å²) in [6, 6.07) is 0.499. The van der Waals surface area contributed by atoms with Crippen molar-refractivity contribution in [2.24, 2.45) is 20.9 Å². The monoisotopic (exact) mass is 251 g/mol. The van der Waals surface area contributed by atoms with E-state index in [-0.39, 0.29) is 18.0 Å². The van der Waals surface area contributed by atoms with Crippen molar-refractivity contribution in [3.63, 3.8) is 0 Å². The van der Waals surface area contributed by atoms with Crippen molar-refractivity contribution in [3.05, 3.63) is 12.3 Å². The minimum atomic E-state index is 0.228. The molecule has 0 spiro atoms. The van der Waals surface area contributed by atoms with E-state index in [1.54, 1.807) is 6.20 Å². The predicted molar refractivity (Wildman–Crippen MR) is 74.6 cm³/mol. The van der Waals surface area contributed by atoms with Gasteiger partial charge in [0.05, 0.1) is 17.8 Å². The van der Waals surface area contributed by atoms with Gasteiger partial charge in [-0.1, -0.05) is 24.6 Å². The molecule has 0 aromatic carbocycles. The van der Waals surface area contributed by atoms with E-state index in [0.29, 0.717) is 5.17 Å². The molecule has 2 aliphatic rings. The fourth-order valence-electron chi connectivity index (χ4n) is 2.16. The summed E-state index contributed by atoms with van der Waals surface area (Å²) in [4.78, 5) is 13.6. The van der Waals surface area contributed by atoms with E-state index in [0.717, 1.165) is 25.0 Å². The van der Waals surface area contributed by atoms with Crippen molar-refractivity contribution < 1.29 is 0 Å². The SMILES string of the molecule is CC1CC=NC2CCC=CN=C(Cl)C(=N1)C2C. The quantitative estimate of drug-likeness (QED) is 0.634. The van der Waals surface area contributed by atoms with Crippen molar-refractivity contribution >= 4 is 28.7 Å². The van der Waals surface area contributed by atoms with Crippen LogP contribution >= 0.6 is 11.6 Å². The zero-order valence-corrected chi connectivity index (χ0v) is 11.1. The Kier molecular flexibility index (Phi) is 4.11. The van der Waals surface area contributed by atoms with Crippen LogP contribution in [0.5, 0.6) is 0 Å². The first-order chi connectivity index (χ1) is 8.18. The van der Waals surface area contributed by atoms with Crippen molar-refractivity contribution in [2.45, 2.75) is 45.2 Å². The normalized spacial score (nSPS) is 33.7. The highest BCUT2D eigenvalue weighted by atomic mass is 35.5. The fourth-order valence-corrected chi connectivity index (χ4v) is 2.44. The van der Waals surface area contributed by atoms with Crippen LogP contribution in [-0.4, -0.2) is 29.2 Å². The molecule has 0 amide bonds. The van der Waals surface area contributed by atoms with Gasteiger partial charge < -0.3 is 0 Å². The lowest BCUT2D eigenvalue weighted by molar-refractivity contribution is 0.529. The minimum absolute atomic E-state index is 0.228. The Morgan fingerprint density at radius 3 is 3.00 bits per heavy atom. The second-order valence-corrected chi connectivity index (χ2v) is 5.03. The molecule has 3 atom stereocenters. The van der Waals surface area contributed by atoms with Crippen molar-refractivity contribution in [3.8, 4) is 0 Å². The average molecular weight is 252 g/mol. The summed E-state index contributed by atoms with van der Waals surface area (Å²) in [5.41, 5.74) is 0.910. The molecule has 0 radical (unpaired) electrons. The van der Waals surface area contributed by atoms with E-state index in [1.165, 1.54) is 0 Å². The summed E-state index contributed by atoms with van der Waals surface area (Å²) in [5.74, 6) is 0.241. The van der Waals surface area contributed by atoms with Gasteiger partial charge in [0.2, 0.25) is 0 Å². The predicted octanol–water partition coefficient (Wildman–Crippen LogP) is 3.24. The lowest BCUT2D eigenvalue weighted by atomic mass is 9.92. The van der Waals surface area contributed by atoms with Gasteiger partial charge in [-0.25, -0.2) is 4.99 Å². The lowest BCUT2D eigenvalue weighted by Gasteiger charge is -2.23. The highest BCUT2D eigenvalue weighted by Crippen LogP contribution is 2.21. The molecular formula is C13H18ClN3. The number of nitrogens with zero attached hydrogens (tertiary/aromatic N) is 3. The molecule has 0 aliphatic carbocycles. The van der Waals surface area contributed by atoms with Gasteiger partial charge in [-0.2, -0.15) is 0 Å². The van der Waals surface area contributed by atoms with Crippen LogP contribution in [-0.2, 0) is 0 Å². The van der Waals surface area contributed by atoms with Gasteiger partial charge in [-0.05, 0) is 19.8 Å². The standard InChI is InChI=1S/C13H18ClN3/c1-9-6-8-15-11-5-3-4-7-16-13(14)12(17-9)10(11)2/h4,7-11H,3,5-6H2,1-2H3. The molecule has 2 aliphatic heterocycles. The first-order valence-corrected chi connectivity index (χ1v) is 6.54. The summed E-state index contributed by atoms with van der Waals surface area (Å²) < 4.78 is 0. The number of allylic oxidation sites excluding steroid dienone is 1. The fraction of sp³-hybridized carbons (Fsp3) is 0.615. The van der Waals surface area contributed by atoms with Crippen LogP contribution in [0.1, 0.15) is 33.1 Å². The Labute approximate surface area is 107 Å². The maximum atomic E-state index is 6.23. The third-order valence-electron chi connectivity index (χ3n) is 3.25. The Hall–Kier alpha value is -0.960. The number of fused-ring (bicyclic) bond motifs is 2. The summed E-state index contributed by atoms with van der Waals surface area (Å²) in [7, 11) is 0. The Morgan fingerprint density at radius 1 is 1.35 bits per heavy atom. The molecule has 17 heavy (non-hydrogen) atoms. The van der Waals surface area contributed by atoms with E-state index in [1.807, 2.05) is 12.3 Å². The zero-order chi connectivity index (χ0) is 12.3. The minimum Gasteiger partial charge on any atom is -0.293 e. The van der Waals surface area contributed by atoms with E-state index >= 15 is 0 Å². The Morgan fingerprint density at radius 2 is 2.18 bits per heavy atom. The molecule has 4 heteroatoms. The smallest absolute Gasteiger partial charge is 0.150 e. The van der Waals surface area contributed by atoms with Gasteiger partial charge in [0.15, 0.2) is 0 Å². The van der Waals surface area contributed by atoms with Gasteiger partial charge in [-0.3, -0.25) is 9.98 Å². The molecule has 2 rings (SSSR count). The van der Waals surface area contributed by atoms with Gasteiger partial charge in [0.25, 0.3) is 0 Å². The Balaban J connectivity index is 2.40. The Bertz CT molecular complexity index is 395. The lowest BCUT2D eigenvalue weighted by Crippen LogP contribution is -2.31. The summed E-state index contributed by atoms with van der Waals surface area (Å²) >= 11 is 6.23. The van der Waals surface area contributed by atoms with Crippen molar-refractivity contribution in [1.82, 2.24) is 0 Å². The zero-order valence-electron chi connectivity index (χ0n) is 10.3. The molecule has 3 nitrogen and oxygen atoms in total. The third kappa shape index (κ3) is 3.03. The van der Waals surface area contributed by atoms with E-state index in [9.17, 15) is 0 Å². The largest absolute Gasteiger partial charge is 0.293 e. The van der Waals surface area contributed by atoms with E-state index in [2.05, 4.69) is 23.8 Å². The van der Waals surface area contributed by atoms with E-state index in [4.69, 9.17) is 16.6 Å². The van der Waals surface area contributed by atoms with Crippen LogP contribution in [0.3, 0.4) is 0 Å². The summed E-state index contributed by atoms with van der Waals surface area (Å²) in [6.45, 7) is 4.22.